The lowest BCUT2D eigenvalue weighted by Gasteiger charge is -2.22. The lowest BCUT2D eigenvalue weighted by molar-refractivity contribution is 0.0601. The second-order valence-electron chi connectivity index (χ2n) is 5.03. The first-order valence-electron chi connectivity index (χ1n) is 6.80. The van der Waals surface area contributed by atoms with E-state index in [0.29, 0.717) is 23.2 Å². The normalized spacial score (nSPS) is 22.3. The van der Waals surface area contributed by atoms with Gasteiger partial charge >= 0.3 is 5.97 Å². The van der Waals surface area contributed by atoms with E-state index >= 15 is 0 Å². The van der Waals surface area contributed by atoms with Crippen molar-refractivity contribution >= 4 is 11.7 Å². The second kappa shape index (κ2) is 6.04. The molecule has 104 valence electrons. The van der Waals surface area contributed by atoms with E-state index in [4.69, 9.17) is 4.74 Å². The lowest BCUT2D eigenvalue weighted by Crippen LogP contribution is -2.24. The third kappa shape index (κ3) is 3.06. The second-order valence-corrected chi connectivity index (χ2v) is 5.03. The van der Waals surface area contributed by atoms with Crippen LogP contribution in [0.2, 0.25) is 0 Å². The van der Waals surface area contributed by atoms with Crippen molar-refractivity contribution in [2.75, 3.05) is 12.4 Å². The van der Waals surface area contributed by atoms with Crippen LogP contribution in [0.25, 0.3) is 0 Å². The van der Waals surface area contributed by atoms with Crippen LogP contribution in [0.15, 0.2) is 18.2 Å². The van der Waals surface area contributed by atoms with E-state index in [1.807, 2.05) is 0 Å². The van der Waals surface area contributed by atoms with E-state index in [9.17, 15) is 9.18 Å². The molecular weight excluding hydrogens is 245 g/mol. The first kappa shape index (κ1) is 13.8. The van der Waals surface area contributed by atoms with Gasteiger partial charge in [0.15, 0.2) is 0 Å². The molecule has 0 aliphatic heterocycles. The zero-order chi connectivity index (χ0) is 13.8. The molecule has 1 aromatic rings. The summed E-state index contributed by atoms with van der Waals surface area (Å²) in [5, 5.41) is 3.33. The van der Waals surface area contributed by atoms with Crippen molar-refractivity contribution in [2.24, 2.45) is 5.92 Å². The Kier molecular flexibility index (Phi) is 4.40. The number of rotatable bonds is 4. The van der Waals surface area contributed by atoms with E-state index in [1.54, 1.807) is 0 Å². The predicted octanol–water partition coefficient (Wildman–Crippen LogP) is 3.60. The molecule has 1 aliphatic rings. The number of esters is 1. The molecule has 1 saturated carbocycles. The standard InChI is InChI=1S/C15H20FNO2/c1-3-10-5-4-6-13(10)17-14-9-11(16)7-8-12(14)15(18)19-2/h7-10,13,17H,3-6H2,1-2H3. The van der Waals surface area contributed by atoms with Gasteiger partial charge in [-0.1, -0.05) is 19.8 Å². The van der Waals surface area contributed by atoms with Crippen LogP contribution in [0, 0.1) is 11.7 Å². The monoisotopic (exact) mass is 265 g/mol. The largest absolute Gasteiger partial charge is 0.465 e. The number of halogens is 1. The molecule has 0 heterocycles. The molecule has 0 amide bonds. The maximum absolute atomic E-state index is 13.4. The molecule has 1 fully saturated rings. The molecule has 2 unspecified atom stereocenters. The number of hydrogen-bond donors (Lipinski definition) is 1. The van der Waals surface area contributed by atoms with Gasteiger partial charge in [-0.25, -0.2) is 9.18 Å². The average molecular weight is 265 g/mol. The van der Waals surface area contributed by atoms with Crippen LogP contribution in [0.1, 0.15) is 43.0 Å². The smallest absolute Gasteiger partial charge is 0.339 e. The van der Waals surface area contributed by atoms with Crippen molar-refractivity contribution in [2.45, 2.75) is 38.6 Å². The van der Waals surface area contributed by atoms with Crippen molar-refractivity contribution in [3.8, 4) is 0 Å². The highest BCUT2D eigenvalue weighted by molar-refractivity contribution is 5.95. The van der Waals surface area contributed by atoms with E-state index in [0.717, 1.165) is 12.8 Å². The summed E-state index contributed by atoms with van der Waals surface area (Å²) in [5.41, 5.74) is 0.933. The van der Waals surface area contributed by atoms with Crippen LogP contribution >= 0.6 is 0 Å². The fourth-order valence-corrected chi connectivity index (χ4v) is 2.84. The number of hydrogen-bond acceptors (Lipinski definition) is 3. The Bertz CT molecular complexity index is 461. The molecule has 0 saturated heterocycles. The van der Waals surface area contributed by atoms with Gasteiger partial charge in [0.2, 0.25) is 0 Å². The van der Waals surface area contributed by atoms with Gasteiger partial charge in [0.25, 0.3) is 0 Å². The van der Waals surface area contributed by atoms with E-state index in [2.05, 4.69) is 12.2 Å². The first-order chi connectivity index (χ1) is 9.15. The topological polar surface area (TPSA) is 38.3 Å². The molecule has 1 N–H and O–H groups in total. The van der Waals surface area contributed by atoms with Crippen molar-refractivity contribution in [1.82, 2.24) is 0 Å². The van der Waals surface area contributed by atoms with Gasteiger partial charge in [0, 0.05) is 6.04 Å². The SMILES string of the molecule is CCC1CCCC1Nc1cc(F)ccc1C(=O)OC. The summed E-state index contributed by atoms with van der Waals surface area (Å²) in [6.07, 6.45) is 4.53. The summed E-state index contributed by atoms with van der Waals surface area (Å²) in [7, 11) is 1.33. The molecule has 1 aromatic carbocycles. The molecule has 0 aromatic heterocycles. The zero-order valence-electron chi connectivity index (χ0n) is 11.4. The Balaban J connectivity index is 2.23. The quantitative estimate of drug-likeness (QED) is 0.845. The molecule has 19 heavy (non-hydrogen) atoms. The number of methoxy groups -OCH3 is 1. The molecule has 2 atom stereocenters. The van der Waals surface area contributed by atoms with Crippen LogP contribution < -0.4 is 5.32 Å². The highest BCUT2D eigenvalue weighted by atomic mass is 19.1. The first-order valence-corrected chi connectivity index (χ1v) is 6.80. The number of ether oxygens (including phenoxy) is 1. The summed E-state index contributed by atoms with van der Waals surface area (Å²) < 4.78 is 18.1. The summed E-state index contributed by atoms with van der Waals surface area (Å²) in [5.74, 6) is -0.191. The molecular formula is C15H20FNO2. The molecule has 0 spiro atoms. The maximum Gasteiger partial charge on any atom is 0.339 e. The van der Waals surface area contributed by atoms with Crippen LogP contribution in [-0.4, -0.2) is 19.1 Å². The lowest BCUT2D eigenvalue weighted by atomic mass is 10.00. The Morgan fingerprint density at radius 1 is 1.47 bits per heavy atom. The predicted molar refractivity (Wildman–Crippen MR) is 72.8 cm³/mol. The number of benzene rings is 1. The minimum Gasteiger partial charge on any atom is -0.465 e. The zero-order valence-corrected chi connectivity index (χ0v) is 11.4. The summed E-state index contributed by atoms with van der Waals surface area (Å²) in [6.45, 7) is 2.16. The third-order valence-electron chi connectivity index (χ3n) is 3.91. The van der Waals surface area contributed by atoms with Crippen molar-refractivity contribution < 1.29 is 13.9 Å². The van der Waals surface area contributed by atoms with Crippen molar-refractivity contribution in [1.29, 1.82) is 0 Å². The molecule has 0 bridgehead atoms. The fourth-order valence-electron chi connectivity index (χ4n) is 2.84. The van der Waals surface area contributed by atoms with Crippen LogP contribution in [0.5, 0.6) is 0 Å². The highest BCUT2D eigenvalue weighted by Crippen LogP contribution is 2.32. The molecule has 1 aliphatic carbocycles. The Morgan fingerprint density at radius 3 is 2.95 bits per heavy atom. The maximum atomic E-state index is 13.4. The molecule has 3 nitrogen and oxygen atoms in total. The molecule has 2 rings (SSSR count). The number of nitrogens with one attached hydrogen (secondary N) is 1. The Morgan fingerprint density at radius 2 is 2.26 bits per heavy atom. The minimum absolute atomic E-state index is 0.315. The van der Waals surface area contributed by atoms with Crippen molar-refractivity contribution in [3.63, 3.8) is 0 Å². The van der Waals surface area contributed by atoms with E-state index in [-0.39, 0.29) is 5.82 Å². The fraction of sp³-hybridized carbons (Fsp3) is 0.533. The van der Waals surface area contributed by atoms with Gasteiger partial charge in [0.1, 0.15) is 5.82 Å². The Hall–Kier alpha value is -1.58. The van der Waals surface area contributed by atoms with Crippen LogP contribution in [-0.2, 0) is 4.74 Å². The van der Waals surface area contributed by atoms with E-state index in [1.165, 1.54) is 38.2 Å². The van der Waals surface area contributed by atoms with Gasteiger partial charge in [-0.3, -0.25) is 0 Å². The summed E-state index contributed by atoms with van der Waals surface area (Å²) in [6, 6.07) is 4.44. The van der Waals surface area contributed by atoms with Gasteiger partial charge in [-0.05, 0) is 37.0 Å². The highest BCUT2D eigenvalue weighted by Gasteiger charge is 2.26. The summed E-state index contributed by atoms with van der Waals surface area (Å²) >= 11 is 0. The molecule has 0 radical (unpaired) electrons. The average Bonchev–Trinajstić information content (AvgIpc) is 2.85. The summed E-state index contributed by atoms with van der Waals surface area (Å²) in [4.78, 5) is 11.7. The van der Waals surface area contributed by atoms with Gasteiger partial charge < -0.3 is 10.1 Å². The van der Waals surface area contributed by atoms with Crippen molar-refractivity contribution in [3.05, 3.63) is 29.6 Å². The molecule has 4 heteroatoms. The number of carbonyl (C=O) groups excluding carboxylic acids is 1. The number of carbonyl (C=O) groups is 1. The Labute approximate surface area is 113 Å². The number of anilines is 1. The van der Waals surface area contributed by atoms with Crippen LogP contribution in [0.3, 0.4) is 0 Å². The van der Waals surface area contributed by atoms with E-state index < -0.39 is 5.97 Å². The van der Waals surface area contributed by atoms with Gasteiger partial charge in [0.05, 0.1) is 18.4 Å². The van der Waals surface area contributed by atoms with Crippen LogP contribution in [0.4, 0.5) is 10.1 Å². The van der Waals surface area contributed by atoms with Gasteiger partial charge in [-0.15, -0.1) is 0 Å². The third-order valence-corrected chi connectivity index (χ3v) is 3.91. The van der Waals surface area contributed by atoms with Gasteiger partial charge in [-0.2, -0.15) is 0 Å². The minimum atomic E-state index is -0.437.